The predicted molar refractivity (Wildman–Crippen MR) is 78.5 cm³/mol. The van der Waals surface area contributed by atoms with E-state index >= 15 is 0 Å². The quantitative estimate of drug-likeness (QED) is 0.852. The molecule has 1 aromatic heterocycles. The summed E-state index contributed by atoms with van der Waals surface area (Å²) in [7, 11) is 3.75. The highest BCUT2D eigenvalue weighted by atomic mass is 16.5. The zero-order valence-corrected chi connectivity index (χ0v) is 11.5. The van der Waals surface area contributed by atoms with Gasteiger partial charge in [0, 0.05) is 23.5 Å². The molecule has 3 rings (SSSR count). The van der Waals surface area contributed by atoms with E-state index in [4.69, 9.17) is 4.74 Å². The second kappa shape index (κ2) is 6.90. The molecule has 0 radical (unpaired) electrons. The summed E-state index contributed by atoms with van der Waals surface area (Å²) in [5.74, 6) is 1.04. The number of aryl methyl sites for hydroxylation is 1. The summed E-state index contributed by atoms with van der Waals surface area (Å²) in [6.45, 7) is 0.824. The van der Waals surface area contributed by atoms with Crippen molar-refractivity contribution in [1.29, 1.82) is 0 Å². The minimum atomic E-state index is 0.824. The number of rotatable bonds is 1. The Labute approximate surface area is 114 Å². The van der Waals surface area contributed by atoms with Crippen LogP contribution in [0.15, 0.2) is 42.7 Å². The van der Waals surface area contributed by atoms with Crippen LogP contribution in [0.1, 0.15) is 12.0 Å². The number of para-hydroxylation sites is 1. The van der Waals surface area contributed by atoms with Gasteiger partial charge < -0.3 is 10.1 Å². The van der Waals surface area contributed by atoms with Gasteiger partial charge in [0.15, 0.2) is 0 Å². The highest BCUT2D eigenvalue weighted by Gasteiger charge is 2.14. The van der Waals surface area contributed by atoms with Crippen molar-refractivity contribution >= 4 is 0 Å². The van der Waals surface area contributed by atoms with E-state index < -0.39 is 0 Å². The first-order valence-corrected chi connectivity index (χ1v) is 6.60. The van der Waals surface area contributed by atoms with E-state index in [-0.39, 0.29) is 0 Å². The molecular formula is C16H20N2O. The van der Waals surface area contributed by atoms with Gasteiger partial charge in [-0.2, -0.15) is 0 Å². The molecule has 3 nitrogen and oxygen atoms in total. The molecule has 1 aliphatic rings. The van der Waals surface area contributed by atoms with Crippen molar-refractivity contribution in [2.75, 3.05) is 20.7 Å². The van der Waals surface area contributed by atoms with Crippen molar-refractivity contribution in [3.8, 4) is 16.9 Å². The normalized spacial score (nSPS) is 12.7. The number of ether oxygens (including phenoxy) is 1. The van der Waals surface area contributed by atoms with Gasteiger partial charge in [0.25, 0.3) is 0 Å². The van der Waals surface area contributed by atoms with Crippen LogP contribution in [0.25, 0.3) is 11.1 Å². The number of benzene rings is 1. The molecule has 0 amide bonds. The molecule has 0 bridgehead atoms. The van der Waals surface area contributed by atoms with Crippen LogP contribution in [0.5, 0.6) is 5.75 Å². The van der Waals surface area contributed by atoms with Crippen molar-refractivity contribution in [2.45, 2.75) is 12.8 Å². The standard InChI is InChI=1S/C14H13NO.C2H7N/c1-4-11-6-3-9-16-14(11)13(7-1)12-5-2-8-15-10-12;1-3-2/h1-2,4-5,7-8,10H,3,6,9H2;3H,1-2H3. The summed E-state index contributed by atoms with van der Waals surface area (Å²) in [6, 6.07) is 10.4. The highest BCUT2D eigenvalue weighted by molar-refractivity contribution is 5.71. The third-order valence-electron chi connectivity index (χ3n) is 2.91. The second-order valence-corrected chi connectivity index (χ2v) is 4.49. The first-order chi connectivity index (χ1) is 9.36. The van der Waals surface area contributed by atoms with Crippen LogP contribution in [-0.2, 0) is 6.42 Å². The maximum absolute atomic E-state index is 5.78. The Morgan fingerprint density at radius 1 is 1.16 bits per heavy atom. The fourth-order valence-corrected chi connectivity index (χ4v) is 2.14. The van der Waals surface area contributed by atoms with Gasteiger partial charge in [0.2, 0.25) is 0 Å². The lowest BCUT2D eigenvalue weighted by atomic mass is 9.99. The van der Waals surface area contributed by atoms with Gasteiger partial charge in [-0.1, -0.05) is 24.3 Å². The zero-order chi connectivity index (χ0) is 13.5. The number of aromatic nitrogens is 1. The molecule has 1 aliphatic heterocycles. The van der Waals surface area contributed by atoms with E-state index in [0.717, 1.165) is 36.3 Å². The largest absolute Gasteiger partial charge is 0.493 e. The van der Waals surface area contributed by atoms with E-state index in [9.17, 15) is 0 Å². The molecular weight excluding hydrogens is 236 g/mol. The lowest BCUT2D eigenvalue weighted by molar-refractivity contribution is 0.289. The van der Waals surface area contributed by atoms with Crippen LogP contribution in [0.2, 0.25) is 0 Å². The summed E-state index contributed by atoms with van der Waals surface area (Å²) in [5, 5.41) is 2.75. The van der Waals surface area contributed by atoms with Crippen molar-refractivity contribution in [3.05, 3.63) is 48.3 Å². The molecule has 0 saturated heterocycles. The van der Waals surface area contributed by atoms with Gasteiger partial charge in [-0.25, -0.2) is 0 Å². The Balaban J connectivity index is 0.000000408. The third kappa shape index (κ3) is 3.32. The van der Waals surface area contributed by atoms with Crippen LogP contribution in [0.3, 0.4) is 0 Å². The van der Waals surface area contributed by atoms with Gasteiger partial charge >= 0.3 is 0 Å². The number of nitrogens with zero attached hydrogens (tertiary/aromatic N) is 1. The average molecular weight is 256 g/mol. The summed E-state index contributed by atoms with van der Waals surface area (Å²) >= 11 is 0. The maximum atomic E-state index is 5.78. The molecule has 3 heteroatoms. The van der Waals surface area contributed by atoms with Crippen molar-refractivity contribution < 1.29 is 4.74 Å². The van der Waals surface area contributed by atoms with Crippen LogP contribution in [0.4, 0.5) is 0 Å². The highest BCUT2D eigenvalue weighted by Crippen LogP contribution is 2.35. The van der Waals surface area contributed by atoms with Gasteiger partial charge in [0.05, 0.1) is 6.61 Å². The molecule has 1 aromatic carbocycles. The Morgan fingerprint density at radius 3 is 2.74 bits per heavy atom. The van der Waals surface area contributed by atoms with Gasteiger partial charge in [-0.3, -0.25) is 4.98 Å². The van der Waals surface area contributed by atoms with E-state index in [1.54, 1.807) is 6.20 Å². The van der Waals surface area contributed by atoms with E-state index in [2.05, 4.69) is 34.6 Å². The third-order valence-corrected chi connectivity index (χ3v) is 2.91. The Bertz CT molecular complexity index is 511. The minimum Gasteiger partial charge on any atom is -0.493 e. The van der Waals surface area contributed by atoms with E-state index in [0.29, 0.717) is 0 Å². The molecule has 100 valence electrons. The molecule has 0 fully saturated rings. The van der Waals surface area contributed by atoms with Crippen LogP contribution in [-0.4, -0.2) is 25.7 Å². The Morgan fingerprint density at radius 2 is 2.00 bits per heavy atom. The summed E-state index contributed by atoms with van der Waals surface area (Å²) in [5.41, 5.74) is 3.60. The van der Waals surface area contributed by atoms with Crippen molar-refractivity contribution in [1.82, 2.24) is 10.3 Å². The fraction of sp³-hybridized carbons (Fsp3) is 0.312. The van der Waals surface area contributed by atoms with Gasteiger partial charge in [-0.15, -0.1) is 0 Å². The van der Waals surface area contributed by atoms with E-state index in [1.807, 2.05) is 26.4 Å². The lowest BCUT2D eigenvalue weighted by Crippen LogP contribution is -2.09. The van der Waals surface area contributed by atoms with Crippen molar-refractivity contribution in [2.24, 2.45) is 0 Å². The molecule has 0 spiro atoms. The van der Waals surface area contributed by atoms with Gasteiger partial charge in [0.1, 0.15) is 5.75 Å². The fourth-order valence-electron chi connectivity index (χ4n) is 2.14. The predicted octanol–water partition coefficient (Wildman–Crippen LogP) is 2.91. The number of nitrogens with one attached hydrogen (secondary N) is 1. The molecule has 0 atom stereocenters. The first-order valence-electron chi connectivity index (χ1n) is 6.60. The smallest absolute Gasteiger partial charge is 0.130 e. The summed E-state index contributed by atoms with van der Waals surface area (Å²) < 4.78 is 5.78. The number of hydrogen-bond donors (Lipinski definition) is 1. The van der Waals surface area contributed by atoms with E-state index in [1.165, 1.54) is 5.56 Å². The molecule has 2 aromatic rings. The summed E-state index contributed by atoms with van der Waals surface area (Å²) in [4.78, 5) is 4.15. The topological polar surface area (TPSA) is 34.2 Å². The second-order valence-electron chi connectivity index (χ2n) is 4.49. The van der Waals surface area contributed by atoms with Crippen LogP contribution < -0.4 is 10.1 Å². The number of hydrogen-bond acceptors (Lipinski definition) is 3. The lowest BCUT2D eigenvalue weighted by Gasteiger charge is -2.20. The Kier molecular flexibility index (Phi) is 4.93. The SMILES string of the molecule is CNC.c1cncc(-c2cccc3c2OCCC3)c1. The molecule has 19 heavy (non-hydrogen) atoms. The molecule has 0 saturated carbocycles. The van der Waals surface area contributed by atoms with Crippen LogP contribution >= 0.6 is 0 Å². The molecule has 0 aliphatic carbocycles. The average Bonchev–Trinajstić information content (AvgIpc) is 2.48. The molecule has 1 N–H and O–H groups in total. The number of pyridine rings is 1. The monoisotopic (exact) mass is 256 g/mol. The maximum Gasteiger partial charge on any atom is 0.130 e. The summed E-state index contributed by atoms with van der Waals surface area (Å²) in [6.07, 6.45) is 5.90. The minimum absolute atomic E-state index is 0.824. The zero-order valence-electron chi connectivity index (χ0n) is 11.5. The Hall–Kier alpha value is -1.87. The van der Waals surface area contributed by atoms with Crippen molar-refractivity contribution in [3.63, 3.8) is 0 Å². The first kappa shape index (κ1) is 13.6. The van der Waals surface area contributed by atoms with Gasteiger partial charge in [-0.05, 0) is 38.6 Å². The van der Waals surface area contributed by atoms with Crippen LogP contribution in [0, 0.1) is 0 Å². The molecule has 0 unspecified atom stereocenters. The number of fused-ring (bicyclic) bond motifs is 1. The molecule has 2 heterocycles.